The van der Waals surface area contributed by atoms with Gasteiger partial charge in [-0.15, -0.1) is 0 Å². The molecule has 6 nitrogen and oxygen atoms in total. The second-order valence-corrected chi connectivity index (χ2v) is 6.61. The number of fused-ring (bicyclic) bond motifs is 1. The highest BCUT2D eigenvalue weighted by Crippen LogP contribution is 2.31. The summed E-state index contributed by atoms with van der Waals surface area (Å²) in [6.45, 7) is 3.92. The number of ether oxygens (including phenoxy) is 2. The molecule has 1 amide bonds. The summed E-state index contributed by atoms with van der Waals surface area (Å²) in [6.07, 6.45) is 6.23. The zero-order valence-electron chi connectivity index (χ0n) is 12.8. The van der Waals surface area contributed by atoms with E-state index in [0.717, 1.165) is 56.8 Å². The van der Waals surface area contributed by atoms with E-state index in [9.17, 15) is 4.79 Å². The van der Waals surface area contributed by atoms with Crippen LogP contribution < -0.4 is 0 Å². The van der Waals surface area contributed by atoms with Crippen LogP contribution in [0, 0.1) is 5.92 Å². The lowest BCUT2D eigenvalue weighted by atomic mass is 9.88. The van der Waals surface area contributed by atoms with Gasteiger partial charge in [0.05, 0.1) is 30.2 Å². The van der Waals surface area contributed by atoms with Crippen LogP contribution >= 0.6 is 0 Å². The first-order valence-corrected chi connectivity index (χ1v) is 8.35. The minimum absolute atomic E-state index is 0.111. The maximum atomic E-state index is 12.9. The monoisotopic (exact) mass is 305 g/mol. The predicted molar refractivity (Wildman–Crippen MR) is 79.7 cm³/mol. The molecule has 6 heteroatoms. The number of likely N-dealkylation sites (tertiary alicyclic amines) is 1. The molecule has 0 aromatic carbocycles. The van der Waals surface area contributed by atoms with Crippen molar-refractivity contribution in [1.29, 1.82) is 0 Å². The van der Waals surface area contributed by atoms with Crippen molar-refractivity contribution in [2.45, 2.75) is 37.7 Å². The number of nitrogens with zero attached hydrogens (tertiary/aromatic N) is 2. The number of carbonyl (C=O) groups is 1. The van der Waals surface area contributed by atoms with Gasteiger partial charge in [-0.25, -0.2) is 0 Å². The predicted octanol–water partition coefficient (Wildman–Crippen LogP) is 1.55. The van der Waals surface area contributed by atoms with E-state index < -0.39 is 0 Å². The molecule has 3 saturated heterocycles. The molecule has 1 aromatic rings. The number of hydrogen-bond acceptors (Lipinski definition) is 4. The molecule has 3 aliphatic rings. The van der Waals surface area contributed by atoms with Crippen LogP contribution in [0.5, 0.6) is 0 Å². The van der Waals surface area contributed by atoms with E-state index in [1.165, 1.54) is 6.42 Å². The number of hydrogen-bond donors (Lipinski definition) is 1. The topological polar surface area (TPSA) is 67.5 Å². The highest BCUT2D eigenvalue weighted by atomic mass is 16.5. The van der Waals surface area contributed by atoms with Crippen molar-refractivity contribution in [1.82, 2.24) is 15.1 Å². The SMILES string of the molecule is O=C(c1cn[nH]c1C1CCOC1)N1CCC2OCCCC2C1. The number of piperidine rings is 1. The van der Waals surface area contributed by atoms with Crippen LogP contribution in [0.2, 0.25) is 0 Å². The second-order valence-electron chi connectivity index (χ2n) is 6.61. The molecular formula is C16H23N3O3. The van der Waals surface area contributed by atoms with Crippen molar-refractivity contribution in [2.75, 3.05) is 32.9 Å². The molecule has 1 N–H and O–H groups in total. The summed E-state index contributed by atoms with van der Waals surface area (Å²) < 4.78 is 11.3. The molecule has 4 rings (SSSR count). The lowest BCUT2D eigenvalue weighted by Gasteiger charge is -2.41. The van der Waals surface area contributed by atoms with Gasteiger partial charge in [0.25, 0.3) is 5.91 Å². The number of aromatic amines is 1. The normalized spacial score (nSPS) is 32.0. The molecule has 0 aliphatic carbocycles. The molecule has 0 radical (unpaired) electrons. The van der Waals surface area contributed by atoms with Crippen molar-refractivity contribution < 1.29 is 14.3 Å². The summed E-state index contributed by atoms with van der Waals surface area (Å²) in [5.74, 6) is 0.883. The van der Waals surface area contributed by atoms with Crippen molar-refractivity contribution in [2.24, 2.45) is 5.92 Å². The average Bonchev–Trinajstić information content (AvgIpc) is 3.24. The van der Waals surface area contributed by atoms with Gasteiger partial charge in [0.2, 0.25) is 0 Å². The number of H-pyrrole nitrogens is 1. The summed E-state index contributed by atoms with van der Waals surface area (Å²) in [5, 5.41) is 7.13. The van der Waals surface area contributed by atoms with Gasteiger partial charge < -0.3 is 14.4 Å². The van der Waals surface area contributed by atoms with E-state index >= 15 is 0 Å². The van der Waals surface area contributed by atoms with Crippen LogP contribution in [0.1, 0.15) is 47.7 Å². The second kappa shape index (κ2) is 6.01. The number of carbonyl (C=O) groups excluding carboxylic acids is 1. The Hall–Kier alpha value is -1.40. The third kappa shape index (κ3) is 2.54. The zero-order chi connectivity index (χ0) is 14.9. The fourth-order valence-electron chi connectivity index (χ4n) is 3.98. The van der Waals surface area contributed by atoms with Crippen LogP contribution in [0.25, 0.3) is 0 Å². The number of nitrogens with one attached hydrogen (secondary N) is 1. The van der Waals surface area contributed by atoms with Crippen LogP contribution in [-0.2, 0) is 9.47 Å². The molecule has 1 aromatic heterocycles. The number of rotatable bonds is 2. The van der Waals surface area contributed by atoms with Crippen molar-refractivity contribution in [3.05, 3.63) is 17.5 Å². The standard InChI is InChI=1S/C16H23N3O3/c20-16(13-8-17-18-15(13)12-4-7-21-10-12)19-5-3-14-11(9-19)2-1-6-22-14/h8,11-12,14H,1-7,9-10H2,(H,17,18). The quantitative estimate of drug-likeness (QED) is 0.900. The van der Waals surface area contributed by atoms with E-state index in [1.54, 1.807) is 6.20 Å². The lowest BCUT2D eigenvalue weighted by molar-refractivity contribution is -0.0607. The molecule has 3 fully saturated rings. The van der Waals surface area contributed by atoms with E-state index in [1.807, 2.05) is 4.90 Å². The molecule has 0 spiro atoms. The van der Waals surface area contributed by atoms with Crippen LogP contribution in [0.4, 0.5) is 0 Å². The van der Waals surface area contributed by atoms with Crippen LogP contribution in [-0.4, -0.2) is 60.0 Å². The summed E-state index contributed by atoms with van der Waals surface area (Å²) in [5.41, 5.74) is 1.68. The van der Waals surface area contributed by atoms with Gasteiger partial charge in [0, 0.05) is 38.1 Å². The molecule has 4 heterocycles. The summed E-state index contributed by atoms with van der Waals surface area (Å²) in [4.78, 5) is 14.9. The van der Waals surface area contributed by atoms with Gasteiger partial charge in [-0.05, 0) is 25.7 Å². The maximum Gasteiger partial charge on any atom is 0.257 e. The van der Waals surface area contributed by atoms with E-state index in [0.29, 0.717) is 18.6 Å². The molecule has 22 heavy (non-hydrogen) atoms. The Morgan fingerprint density at radius 3 is 3.14 bits per heavy atom. The van der Waals surface area contributed by atoms with Gasteiger partial charge in [0.15, 0.2) is 0 Å². The molecule has 120 valence electrons. The fourth-order valence-corrected chi connectivity index (χ4v) is 3.98. The van der Waals surface area contributed by atoms with E-state index in [-0.39, 0.29) is 11.8 Å². The molecule has 3 atom stereocenters. The first-order chi connectivity index (χ1) is 10.8. The Labute approximate surface area is 130 Å². The van der Waals surface area contributed by atoms with Crippen LogP contribution in [0.3, 0.4) is 0 Å². The Morgan fingerprint density at radius 1 is 1.32 bits per heavy atom. The highest BCUT2D eigenvalue weighted by molar-refractivity contribution is 5.95. The Kier molecular flexibility index (Phi) is 3.88. The first-order valence-electron chi connectivity index (χ1n) is 8.35. The highest BCUT2D eigenvalue weighted by Gasteiger charge is 2.35. The molecule has 3 unspecified atom stereocenters. The largest absolute Gasteiger partial charge is 0.381 e. The Morgan fingerprint density at radius 2 is 2.27 bits per heavy atom. The molecular weight excluding hydrogens is 282 g/mol. The summed E-state index contributed by atoms with van der Waals surface area (Å²) in [6, 6.07) is 0. The molecule has 3 aliphatic heterocycles. The maximum absolute atomic E-state index is 12.9. The van der Waals surface area contributed by atoms with Crippen molar-refractivity contribution in [3.63, 3.8) is 0 Å². The average molecular weight is 305 g/mol. The molecule has 0 bridgehead atoms. The van der Waals surface area contributed by atoms with Crippen molar-refractivity contribution in [3.8, 4) is 0 Å². The smallest absolute Gasteiger partial charge is 0.257 e. The Bertz CT molecular complexity index is 538. The first kappa shape index (κ1) is 14.2. The molecule has 0 saturated carbocycles. The summed E-state index contributed by atoms with van der Waals surface area (Å²) in [7, 11) is 0. The summed E-state index contributed by atoms with van der Waals surface area (Å²) >= 11 is 0. The van der Waals surface area contributed by atoms with Gasteiger partial charge in [-0.2, -0.15) is 5.10 Å². The third-order valence-electron chi connectivity index (χ3n) is 5.24. The van der Waals surface area contributed by atoms with Crippen molar-refractivity contribution >= 4 is 5.91 Å². The fraction of sp³-hybridized carbons (Fsp3) is 0.750. The minimum Gasteiger partial charge on any atom is -0.381 e. The van der Waals surface area contributed by atoms with Gasteiger partial charge in [0.1, 0.15) is 0 Å². The number of amides is 1. The Balaban J connectivity index is 1.49. The lowest BCUT2D eigenvalue weighted by Crippen LogP contribution is -2.48. The third-order valence-corrected chi connectivity index (χ3v) is 5.24. The van der Waals surface area contributed by atoms with Gasteiger partial charge in [-0.1, -0.05) is 0 Å². The van der Waals surface area contributed by atoms with Gasteiger partial charge in [-0.3, -0.25) is 9.89 Å². The minimum atomic E-state index is 0.111. The van der Waals surface area contributed by atoms with E-state index in [2.05, 4.69) is 10.2 Å². The van der Waals surface area contributed by atoms with Crippen LogP contribution in [0.15, 0.2) is 6.20 Å². The zero-order valence-corrected chi connectivity index (χ0v) is 12.8. The number of aromatic nitrogens is 2. The van der Waals surface area contributed by atoms with Gasteiger partial charge >= 0.3 is 0 Å². The van der Waals surface area contributed by atoms with E-state index in [4.69, 9.17) is 9.47 Å².